The molecule has 1 unspecified atom stereocenters. The van der Waals surface area contributed by atoms with Crippen molar-refractivity contribution in [3.63, 3.8) is 0 Å². The van der Waals surface area contributed by atoms with Crippen LogP contribution in [0.4, 0.5) is 0 Å². The molecule has 1 aromatic heterocycles. The van der Waals surface area contributed by atoms with Crippen LogP contribution >= 0.6 is 0 Å². The van der Waals surface area contributed by atoms with Crippen LogP contribution in [0.25, 0.3) is 11.4 Å². The highest BCUT2D eigenvalue weighted by atomic mass is 16.5. The van der Waals surface area contributed by atoms with Crippen LogP contribution in [-0.2, 0) is 20.9 Å². The van der Waals surface area contributed by atoms with Crippen molar-refractivity contribution < 1.29 is 14.3 Å². The van der Waals surface area contributed by atoms with Crippen molar-refractivity contribution in [2.45, 2.75) is 31.8 Å². The first-order chi connectivity index (χ1) is 11.7. The van der Waals surface area contributed by atoms with Crippen LogP contribution in [0.15, 0.2) is 30.3 Å². The minimum atomic E-state index is -0.520. The number of nitrogens with zero attached hydrogens (tertiary/aromatic N) is 5. The molecular weight excluding hydrogens is 310 g/mol. The maximum absolute atomic E-state index is 12.5. The fourth-order valence-electron chi connectivity index (χ4n) is 2.84. The molecule has 1 fully saturated rings. The van der Waals surface area contributed by atoms with Gasteiger partial charge in [-0.1, -0.05) is 30.3 Å². The number of hydrogen-bond acceptors (Lipinski definition) is 6. The Morgan fingerprint density at radius 2 is 2.04 bits per heavy atom. The van der Waals surface area contributed by atoms with Gasteiger partial charge in [0.2, 0.25) is 11.7 Å². The summed E-state index contributed by atoms with van der Waals surface area (Å²) in [5.74, 6) is -0.117. The van der Waals surface area contributed by atoms with Gasteiger partial charge in [-0.3, -0.25) is 4.79 Å². The van der Waals surface area contributed by atoms with Crippen molar-refractivity contribution in [2.24, 2.45) is 0 Å². The lowest BCUT2D eigenvalue weighted by Gasteiger charge is -2.33. The molecule has 1 aliphatic rings. The van der Waals surface area contributed by atoms with E-state index in [0.29, 0.717) is 18.8 Å². The van der Waals surface area contributed by atoms with Gasteiger partial charge in [-0.05, 0) is 24.5 Å². The molecule has 1 atom stereocenters. The number of carbonyl (C=O) groups excluding carboxylic acids is 2. The molecule has 2 heterocycles. The topological polar surface area (TPSA) is 90.2 Å². The molecule has 8 nitrogen and oxygen atoms in total. The molecular formula is C16H19N5O3. The first-order valence-corrected chi connectivity index (χ1v) is 7.89. The predicted octanol–water partition coefficient (Wildman–Crippen LogP) is 0.894. The van der Waals surface area contributed by atoms with E-state index in [1.165, 1.54) is 11.9 Å². The summed E-state index contributed by atoms with van der Waals surface area (Å²) >= 11 is 0. The number of benzene rings is 1. The average molecular weight is 329 g/mol. The fraction of sp³-hybridized carbons (Fsp3) is 0.438. The Morgan fingerprint density at radius 1 is 1.25 bits per heavy atom. The van der Waals surface area contributed by atoms with Crippen LogP contribution in [0.1, 0.15) is 19.3 Å². The lowest BCUT2D eigenvalue weighted by atomic mass is 10.0. The molecule has 1 saturated heterocycles. The third-order valence-corrected chi connectivity index (χ3v) is 4.06. The minimum Gasteiger partial charge on any atom is -0.467 e. The molecule has 1 aliphatic heterocycles. The molecule has 8 heteroatoms. The second-order valence-corrected chi connectivity index (χ2v) is 5.63. The van der Waals surface area contributed by atoms with Gasteiger partial charge in [0.25, 0.3) is 0 Å². The lowest BCUT2D eigenvalue weighted by molar-refractivity contribution is -0.155. The summed E-state index contributed by atoms with van der Waals surface area (Å²) in [6.45, 7) is 0.492. The Bertz CT molecular complexity index is 716. The molecule has 0 saturated carbocycles. The Hall–Kier alpha value is -2.77. The predicted molar refractivity (Wildman–Crippen MR) is 84.6 cm³/mol. The molecule has 0 aliphatic carbocycles. The van der Waals surface area contributed by atoms with Gasteiger partial charge in [0.15, 0.2) is 0 Å². The first kappa shape index (κ1) is 16.1. The van der Waals surface area contributed by atoms with Crippen LogP contribution in [0, 0.1) is 0 Å². The molecule has 3 rings (SSSR count). The summed E-state index contributed by atoms with van der Waals surface area (Å²) in [6, 6.07) is 8.91. The maximum atomic E-state index is 12.5. The smallest absolute Gasteiger partial charge is 0.328 e. The highest BCUT2D eigenvalue weighted by Gasteiger charge is 2.33. The Labute approximate surface area is 139 Å². The zero-order chi connectivity index (χ0) is 16.9. The van der Waals surface area contributed by atoms with Crippen molar-refractivity contribution in [3.8, 4) is 11.4 Å². The van der Waals surface area contributed by atoms with E-state index in [-0.39, 0.29) is 18.4 Å². The van der Waals surface area contributed by atoms with E-state index in [0.717, 1.165) is 18.4 Å². The van der Waals surface area contributed by atoms with Gasteiger partial charge in [-0.15, -0.1) is 10.2 Å². The van der Waals surface area contributed by atoms with Crippen molar-refractivity contribution in [3.05, 3.63) is 30.3 Å². The first-order valence-electron chi connectivity index (χ1n) is 7.89. The number of carbonyl (C=O) groups is 2. The van der Waals surface area contributed by atoms with Gasteiger partial charge in [0, 0.05) is 12.1 Å². The Kier molecular flexibility index (Phi) is 4.83. The van der Waals surface area contributed by atoms with Crippen molar-refractivity contribution in [2.75, 3.05) is 13.7 Å². The quantitative estimate of drug-likeness (QED) is 0.774. The standard InChI is InChI=1S/C16H19N5O3/c1-24-16(23)13-9-5-6-10-20(13)14(22)11-21-18-15(17-19-21)12-7-3-2-4-8-12/h2-4,7-8,13H,5-6,9-11H2,1H3. The molecule has 0 radical (unpaired) electrons. The molecule has 126 valence electrons. The summed E-state index contributed by atoms with van der Waals surface area (Å²) in [5.41, 5.74) is 0.835. The second-order valence-electron chi connectivity index (χ2n) is 5.63. The summed E-state index contributed by atoms with van der Waals surface area (Å²) in [6.07, 6.45) is 2.40. The maximum Gasteiger partial charge on any atom is 0.328 e. The van der Waals surface area contributed by atoms with E-state index in [4.69, 9.17) is 4.74 Å². The Morgan fingerprint density at radius 3 is 2.79 bits per heavy atom. The second kappa shape index (κ2) is 7.20. The molecule has 24 heavy (non-hydrogen) atoms. The van der Waals surface area contributed by atoms with E-state index >= 15 is 0 Å². The van der Waals surface area contributed by atoms with Crippen LogP contribution in [0.2, 0.25) is 0 Å². The molecule has 1 aromatic carbocycles. The number of hydrogen-bond donors (Lipinski definition) is 0. The van der Waals surface area contributed by atoms with Crippen LogP contribution in [0.3, 0.4) is 0 Å². The van der Waals surface area contributed by atoms with Gasteiger partial charge in [0.05, 0.1) is 7.11 Å². The number of aromatic nitrogens is 4. The molecule has 0 N–H and O–H groups in total. The largest absolute Gasteiger partial charge is 0.467 e. The zero-order valence-electron chi connectivity index (χ0n) is 13.5. The number of piperidine rings is 1. The monoisotopic (exact) mass is 329 g/mol. The molecule has 2 aromatic rings. The van der Waals surface area contributed by atoms with Gasteiger partial charge >= 0.3 is 5.97 Å². The molecule has 0 spiro atoms. The summed E-state index contributed by atoms with van der Waals surface area (Å²) < 4.78 is 4.80. The van der Waals surface area contributed by atoms with E-state index in [1.807, 2.05) is 30.3 Å². The lowest BCUT2D eigenvalue weighted by Crippen LogP contribution is -2.49. The fourth-order valence-corrected chi connectivity index (χ4v) is 2.84. The summed E-state index contributed by atoms with van der Waals surface area (Å²) in [5, 5.41) is 12.1. The van der Waals surface area contributed by atoms with Gasteiger partial charge < -0.3 is 9.64 Å². The highest BCUT2D eigenvalue weighted by Crippen LogP contribution is 2.19. The van der Waals surface area contributed by atoms with Crippen molar-refractivity contribution in [1.29, 1.82) is 0 Å². The van der Waals surface area contributed by atoms with E-state index in [1.54, 1.807) is 4.90 Å². The normalized spacial score (nSPS) is 17.5. The third-order valence-electron chi connectivity index (χ3n) is 4.06. The Balaban J connectivity index is 1.70. The summed E-state index contributed by atoms with van der Waals surface area (Å²) in [7, 11) is 1.34. The van der Waals surface area contributed by atoms with Crippen LogP contribution in [0.5, 0.6) is 0 Å². The van der Waals surface area contributed by atoms with Gasteiger partial charge in [-0.2, -0.15) is 4.80 Å². The van der Waals surface area contributed by atoms with Crippen LogP contribution in [-0.4, -0.2) is 56.7 Å². The SMILES string of the molecule is COC(=O)C1CCCCN1C(=O)Cn1nnc(-c2ccccc2)n1. The zero-order valence-corrected chi connectivity index (χ0v) is 13.5. The number of amides is 1. The molecule has 1 amide bonds. The number of tetrazole rings is 1. The number of methoxy groups -OCH3 is 1. The van der Waals surface area contributed by atoms with Crippen molar-refractivity contribution >= 4 is 11.9 Å². The number of esters is 1. The highest BCUT2D eigenvalue weighted by molar-refractivity contribution is 5.84. The van der Waals surface area contributed by atoms with Gasteiger partial charge in [-0.25, -0.2) is 4.79 Å². The van der Waals surface area contributed by atoms with E-state index in [2.05, 4.69) is 15.4 Å². The average Bonchev–Trinajstić information content (AvgIpc) is 3.10. The number of rotatable bonds is 4. The summed E-state index contributed by atoms with van der Waals surface area (Å²) in [4.78, 5) is 27.2. The number of ether oxygens (including phenoxy) is 1. The van der Waals surface area contributed by atoms with E-state index < -0.39 is 6.04 Å². The third kappa shape index (κ3) is 3.42. The molecule has 0 bridgehead atoms. The van der Waals surface area contributed by atoms with Crippen LogP contribution < -0.4 is 0 Å². The number of likely N-dealkylation sites (tertiary alicyclic amines) is 1. The van der Waals surface area contributed by atoms with E-state index in [9.17, 15) is 9.59 Å². The minimum absolute atomic E-state index is 0.0483. The van der Waals surface area contributed by atoms with Crippen molar-refractivity contribution in [1.82, 2.24) is 25.1 Å². The van der Waals surface area contributed by atoms with Gasteiger partial charge in [0.1, 0.15) is 12.6 Å².